The highest BCUT2D eigenvalue weighted by atomic mass is 16.5. The topological polar surface area (TPSA) is 47.3 Å². The van der Waals surface area contributed by atoms with Crippen molar-refractivity contribution in [1.29, 1.82) is 0 Å². The van der Waals surface area contributed by atoms with Crippen LogP contribution in [0.4, 0.5) is 11.4 Å². The molecule has 0 radical (unpaired) electrons. The number of aryl methyl sites for hydroxylation is 1. The molecule has 0 spiro atoms. The van der Waals surface area contributed by atoms with Gasteiger partial charge in [0, 0.05) is 6.61 Å². The van der Waals surface area contributed by atoms with Crippen molar-refractivity contribution in [3.05, 3.63) is 23.8 Å². The summed E-state index contributed by atoms with van der Waals surface area (Å²) in [4.78, 5) is 0. The van der Waals surface area contributed by atoms with E-state index in [0.29, 0.717) is 6.04 Å². The lowest BCUT2D eigenvalue weighted by Gasteiger charge is -2.16. The fourth-order valence-corrected chi connectivity index (χ4v) is 1.74. The Morgan fingerprint density at radius 1 is 1.50 bits per heavy atom. The first-order valence-electron chi connectivity index (χ1n) is 4.97. The number of hydrogen-bond donors (Lipinski definition) is 2. The Labute approximate surface area is 84.3 Å². The fraction of sp³-hybridized carbons (Fsp3) is 0.455. The van der Waals surface area contributed by atoms with Gasteiger partial charge < -0.3 is 15.8 Å². The molecule has 0 bridgehead atoms. The van der Waals surface area contributed by atoms with E-state index in [4.69, 9.17) is 10.5 Å². The number of rotatable bonds is 2. The summed E-state index contributed by atoms with van der Waals surface area (Å²) in [5.74, 6) is 0. The molecule has 0 aromatic heterocycles. The normalized spacial score (nSPS) is 21.1. The van der Waals surface area contributed by atoms with Crippen molar-refractivity contribution in [3.8, 4) is 0 Å². The Balaban J connectivity index is 2.14. The maximum absolute atomic E-state index is 5.90. The molecule has 0 amide bonds. The molecule has 3 N–H and O–H groups in total. The molecule has 14 heavy (non-hydrogen) atoms. The van der Waals surface area contributed by atoms with Crippen LogP contribution in [0.2, 0.25) is 0 Å². The van der Waals surface area contributed by atoms with Gasteiger partial charge in [0.25, 0.3) is 0 Å². The number of ether oxygens (including phenoxy) is 1. The minimum absolute atomic E-state index is 0.415. The van der Waals surface area contributed by atoms with Crippen LogP contribution < -0.4 is 11.1 Å². The van der Waals surface area contributed by atoms with Crippen LogP contribution in [0, 0.1) is 6.92 Å². The third-order valence-corrected chi connectivity index (χ3v) is 2.58. The van der Waals surface area contributed by atoms with Crippen LogP contribution in [0.15, 0.2) is 18.2 Å². The highest BCUT2D eigenvalue weighted by Gasteiger charge is 2.16. The minimum Gasteiger partial charge on any atom is -0.397 e. The summed E-state index contributed by atoms with van der Waals surface area (Å²) < 4.78 is 5.31. The van der Waals surface area contributed by atoms with E-state index in [9.17, 15) is 0 Å². The minimum atomic E-state index is 0.415. The number of hydrogen-bond acceptors (Lipinski definition) is 3. The largest absolute Gasteiger partial charge is 0.397 e. The van der Waals surface area contributed by atoms with Crippen LogP contribution in [0.5, 0.6) is 0 Å². The lowest BCUT2D eigenvalue weighted by molar-refractivity contribution is 0.195. The second-order valence-electron chi connectivity index (χ2n) is 3.74. The molecule has 2 rings (SSSR count). The van der Waals surface area contributed by atoms with Crippen molar-refractivity contribution in [2.24, 2.45) is 0 Å². The highest BCUT2D eigenvalue weighted by Crippen LogP contribution is 2.24. The Morgan fingerprint density at radius 3 is 3.00 bits per heavy atom. The third-order valence-electron chi connectivity index (χ3n) is 2.58. The van der Waals surface area contributed by atoms with Crippen molar-refractivity contribution < 1.29 is 4.74 Å². The highest BCUT2D eigenvalue weighted by molar-refractivity contribution is 5.70. The van der Waals surface area contributed by atoms with Crippen molar-refractivity contribution in [2.75, 3.05) is 24.3 Å². The Bertz CT molecular complexity index is 299. The van der Waals surface area contributed by atoms with Gasteiger partial charge in [-0.25, -0.2) is 0 Å². The van der Waals surface area contributed by atoms with E-state index >= 15 is 0 Å². The molecule has 1 aliphatic rings. The van der Waals surface area contributed by atoms with Crippen molar-refractivity contribution in [1.82, 2.24) is 0 Å². The third kappa shape index (κ3) is 1.82. The molecule has 1 aromatic rings. The Hall–Kier alpha value is -1.22. The SMILES string of the molecule is Cc1cccc(N)c1NC1CCOC1. The smallest absolute Gasteiger partial charge is 0.0668 e. The van der Waals surface area contributed by atoms with Gasteiger partial charge in [0.15, 0.2) is 0 Å². The van der Waals surface area contributed by atoms with Crippen molar-refractivity contribution in [3.63, 3.8) is 0 Å². The average molecular weight is 192 g/mol. The number of nitrogen functional groups attached to an aromatic ring is 1. The van der Waals surface area contributed by atoms with Gasteiger partial charge in [-0.05, 0) is 25.0 Å². The zero-order valence-electron chi connectivity index (χ0n) is 8.42. The van der Waals surface area contributed by atoms with Gasteiger partial charge in [-0.2, -0.15) is 0 Å². The van der Waals surface area contributed by atoms with Gasteiger partial charge in [0.1, 0.15) is 0 Å². The van der Waals surface area contributed by atoms with E-state index < -0.39 is 0 Å². The van der Waals surface area contributed by atoms with Crippen LogP contribution in [-0.2, 0) is 4.74 Å². The lowest BCUT2D eigenvalue weighted by Crippen LogP contribution is -2.20. The van der Waals surface area contributed by atoms with Gasteiger partial charge in [-0.15, -0.1) is 0 Å². The molecule has 0 aliphatic carbocycles. The quantitative estimate of drug-likeness (QED) is 0.702. The van der Waals surface area contributed by atoms with Gasteiger partial charge >= 0.3 is 0 Å². The summed E-state index contributed by atoms with van der Waals surface area (Å²) in [5, 5.41) is 3.43. The molecule has 76 valence electrons. The number of benzene rings is 1. The van der Waals surface area contributed by atoms with Crippen LogP contribution >= 0.6 is 0 Å². The van der Waals surface area contributed by atoms with Crippen LogP contribution in [0.3, 0.4) is 0 Å². The number of para-hydroxylation sites is 1. The summed E-state index contributed by atoms with van der Waals surface area (Å²) in [6.45, 7) is 3.70. The zero-order valence-corrected chi connectivity index (χ0v) is 8.42. The van der Waals surface area contributed by atoms with Gasteiger partial charge in [0.2, 0.25) is 0 Å². The number of nitrogens with two attached hydrogens (primary N) is 1. The fourth-order valence-electron chi connectivity index (χ4n) is 1.74. The molecule has 1 atom stereocenters. The van der Waals surface area contributed by atoms with Crippen LogP contribution in [0.1, 0.15) is 12.0 Å². The summed E-state index contributed by atoms with van der Waals surface area (Å²) in [6, 6.07) is 6.37. The van der Waals surface area contributed by atoms with E-state index in [1.807, 2.05) is 12.1 Å². The molecule has 1 aromatic carbocycles. The maximum Gasteiger partial charge on any atom is 0.0668 e. The summed E-state index contributed by atoms with van der Waals surface area (Å²) in [6.07, 6.45) is 1.06. The van der Waals surface area contributed by atoms with Crippen molar-refractivity contribution in [2.45, 2.75) is 19.4 Å². The van der Waals surface area contributed by atoms with Gasteiger partial charge in [0.05, 0.1) is 24.0 Å². The molecule has 1 aliphatic heterocycles. The first-order chi connectivity index (χ1) is 6.77. The molecule has 3 heteroatoms. The molecule has 0 saturated carbocycles. The van der Waals surface area contributed by atoms with Crippen LogP contribution in [-0.4, -0.2) is 19.3 Å². The van der Waals surface area contributed by atoms with Crippen molar-refractivity contribution >= 4 is 11.4 Å². The summed E-state index contributed by atoms with van der Waals surface area (Å²) in [5.41, 5.74) is 8.96. The maximum atomic E-state index is 5.90. The molecule has 3 nitrogen and oxygen atoms in total. The van der Waals surface area contributed by atoms with Gasteiger partial charge in [-0.3, -0.25) is 0 Å². The number of anilines is 2. The van der Waals surface area contributed by atoms with E-state index in [1.165, 1.54) is 5.56 Å². The molecule has 1 saturated heterocycles. The summed E-state index contributed by atoms with van der Waals surface area (Å²) in [7, 11) is 0. The van der Waals surface area contributed by atoms with Crippen LogP contribution in [0.25, 0.3) is 0 Å². The first kappa shape index (κ1) is 9.34. The predicted octanol–water partition coefficient (Wildman–Crippen LogP) is 1.78. The predicted molar refractivity (Wildman–Crippen MR) is 58.4 cm³/mol. The Kier molecular flexibility index (Phi) is 2.59. The number of nitrogens with one attached hydrogen (secondary N) is 1. The monoisotopic (exact) mass is 192 g/mol. The van der Waals surface area contributed by atoms with E-state index in [-0.39, 0.29) is 0 Å². The van der Waals surface area contributed by atoms with Gasteiger partial charge in [-0.1, -0.05) is 12.1 Å². The second-order valence-corrected chi connectivity index (χ2v) is 3.74. The van der Waals surface area contributed by atoms with E-state index in [1.54, 1.807) is 0 Å². The summed E-state index contributed by atoms with van der Waals surface area (Å²) >= 11 is 0. The zero-order chi connectivity index (χ0) is 9.97. The first-order valence-corrected chi connectivity index (χ1v) is 4.97. The molecule has 1 unspecified atom stereocenters. The standard InChI is InChI=1S/C11H16N2O/c1-8-3-2-4-10(12)11(8)13-9-5-6-14-7-9/h2-4,9,13H,5-7,12H2,1H3. The van der Waals surface area contributed by atoms with E-state index in [0.717, 1.165) is 31.0 Å². The van der Waals surface area contributed by atoms with E-state index in [2.05, 4.69) is 18.3 Å². The molecule has 1 fully saturated rings. The average Bonchev–Trinajstić information content (AvgIpc) is 2.64. The Morgan fingerprint density at radius 2 is 2.36 bits per heavy atom. The molecular formula is C11H16N2O. The lowest BCUT2D eigenvalue weighted by atomic mass is 10.1. The molecular weight excluding hydrogens is 176 g/mol. The molecule has 1 heterocycles. The second kappa shape index (κ2) is 3.88.